The van der Waals surface area contributed by atoms with E-state index in [0.717, 1.165) is 0 Å². The average Bonchev–Trinajstić information content (AvgIpc) is 2.45. The van der Waals surface area contributed by atoms with E-state index < -0.39 is 6.10 Å². The number of hydrogen-bond donors (Lipinski definition) is 1. The molecule has 0 bridgehead atoms. The third kappa shape index (κ3) is 5.12. The molecule has 0 spiro atoms. The minimum absolute atomic E-state index is 0.278. The second kappa shape index (κ2) is 7.55. The third-order valence-electron chi connectivity index (χ3n) is 2.81. The smallest absolute Gasteiger partial charge is 0.130 e. The highest BCUT2D eigenvalue weighted by molar-refractivity contribution is 6.34. The van der Waals surface area contributed by atoms with Gasteiger partial charge in [-0.05, 0) is 48.9 Å². The maximum atomic E-state index is 9.45. The first-order valence-corrected chi connectivity index (χ1v) is 7.37. The van der Waals surface area contributed by atoms with Crippen molar-refractivity contribution >= 4 is 23.2 Å². The van der Waals surface area contributed by atoms with Gasteiger partial charge in [0.1, 0.15) is 23.9 Å². The van der Waals surface area contributed by atoms with Crippen LogP contribution in [-0.4, -0.2) is 17.8 Å². The molecule has 0 aromatic heterocycles. The SMILES string of the molecule is CCC(O)COc1ccc(Oc2cc(Cl)cc(Cl)c2)cc1. The lowest BCUT2D eigenvalue weighted by atomic mass is 10.3. The first-order chi connectivity index (χ1) is 10.1. The number of ether oxygens (including phenoxy) is 2. The predicted octanol–water partition coefficient (Wildman–Crippen LogP) is 4.94. The fraction of sp³-hybridized carbons (Fsp3) is 0.250. The lowest BCUT2D eigenvalue weighted by Crippen LogP contribution is -2.15. The first kappa shape index (κ1) is 16.0. The van der Waals surface area contributed by atoms with Crippen LogP contribution in [0.1, 0.15) is 13.3 Å². The Hall–Kier alpha value is -1.42. The molecule has 0 fully saturated rings. The standard InChI is InChI=1S/C16H16Cl2O3/c1-2-13(19)10-20-14-3-5-15(6-4-14)21-16-8-11(17)7-12(18)9-16/h3-9,13,19H,2,10H2,1H3. The molecule has 1 atom stereocenters. The van der Waals surface area contributed by atoms with Crippen LogP contribution in [0.25, 0.3) is 0 Å². The molecule has 0 saturated carbocycles. The van der Waals surface area contributed by atoms with Gasteiger partial charge in [0, 0.05) is 10.0 Å². The zero-order valence-corrected chi connectivity index (χ0v) is 13.1. The molecule has 0 aliphatic rings. The van der Waals surface area contributed by atoms with E-state index in [-0.39, 0.29) is 6.61 Å². The number of rotatable bonds is 6. The van der Waals surface area contributed by atoms with Gasteiger partial charge in [-0.3, -0.25) is 0 Å². The highest BCUT2D eigenvalue weighted by Gasteiger charge is 2.04. The molecule has 3 nitrogen and oxygen atoms in total. The Morgan fingerprint density at radius 1 is 0.952 bits per heavy atom. The van der Waals surface area contributed by atoms with E-state index in [2.05, 4.69) is 0 Å². The van der Waals surface area contributed by atoms with Crippen LogP contribution in [0.4, 0.5) is 0 Å². The van der Waals surface area contributed by atoms with Crippen LogP contribution in [0.3, 0.4) is 0 Å². The Balaban J connectivity index is 1.98. The molecule has 112 valence electrons. The largest absolute Gasteiger partial charge is 0.491 e. The molecule has 0 saturated heterocycles. The van der Waals surface area contributed by atoms with Gasteiger partial charge in [0.25, 0.3) is 0 Å². The van der Waals surface area contributed by atoms with Gasteiger partial charge in [0.05, 0.1) is 6.10 Å². The maximum Gasteiger partial charge on any atom is 0.130 e. The molecule has 0 amide bonds. The zero-order valence-electron chi connectivity index (χ0n) is 11.6. The summed E-state index contributed by atoms with van der Waals surface area (Å²) in [6.45, 7) is 2.18. The summed E-state index contributed by atoms with van der Waals surface area (Å²) in [6.07, 6.45) is 0.214. The molecule has 2 rings (SSSR count). The third-order valence-corrected chi connectivity index (χ3v) is 3.25. The summed E-state index contributed by atoms with van der Waals surface area (Å²) < 4.78 is 11.1. The van der Waals surface area contributed by atoms with E-state index >= 15 is 0 Å². The Morgan fingerprint density at radius 3 is 2.10 bits per heavy atom. The molecule has 2 aromatic carbocycles. The Morgan fingerprint density at radius 2 is 1.52 bits per heavy atom. The van der Waals surface area contributed by atoms with E-state index in [1.54, 1.807) is 42.5 Å². The topological polar surface area (TPSA) is 38.7 Å². The lowest BCUT2D eigenvalue weighted by molar-refractivity contribution is 0.104. The second-order valence-electron chi connectivity index (χ2n) is 4.55. The fourth-order valence-corrected chi connectivity index (χ4v) is 2.14. The molecule has 0 heterocycles. The molecule has 0 aliphatic heterocycles. The minimum atomic E-state index is -0.450. The van der Waals surface area contributed by atoms with Crippen LogP contribution in [0.2, 0.25) is 10.0 Å². The van der Waals surface area contributed by atoms with Crippen molar-refractivity contribution < 1.29 is 14.6 Å². The summed E-state index contributed by atoms with van der Waals surface area (Å²) in [7, 11) is 0. The van der Waals surface area contributed by atoms with Crippen molar-refractivity contribution in [3.8, 4) is 17.2 Å². The van der Waals surface area contributed by atoms with Crippen molar-refractivity contribution in [1.82, 2.24) is 0 Å². The van der Waals surface area contributed by atoms with Gasteiger partial charge in [0.15, 0.2) is 0 Å². The lowest BCUT2D eigenvalue weighted by Gasteiger charge is -2.11. The van der Waals surface area contributed by atoms with Crippen LogP contribution in [0.5, 0.6) is 17.2 Å². The maximum absolute atomic E-state index is 9.45. The Bertz CT molecular complexity index is 564. The summed E-state index contributed by atoms with van der Waals surface area (Å²) in [6, 6.07) is 12.1. The predicted molar refractivity (Wildman–Crippen MR) is 84.8 cm³/mol. The molecule has 21 heavy (non-hydrogen) atoms. The van der Waals surface area contributed by atoms with E-state index in [4.69, 9.17) is 32.7 Å². The number of benzene rings is 2. The normalized spacial score (nSPS) is 12.0. The van der Waals surface area contributed by atoms with Crippen LogP contribution in [0, 0.1) is 0 Å². The van der Waals surface area contributed by atoms with Gasteiger partial charge in [0.2, 0.25) is 0 Å². The average molecular weight is 327 g/mol. The summed E-state index contributed by atoms with van der Waals surface area (Å²) >= 11 is 11.8. The summed E-state index contributed by atoms with van der Waals surface area (Å²) in [5, 5.41) is 10.5. The van der Waals surface area contributed by atoms with E-state index in [1.807, 2.05) is 6.92 Å². The number of hydrogen-bond acceptors (Lipinski definition) is 3. The van der Waals surface area contributed by atoms with Crippen LogP contribution in [-0.2, 0) is 0 Å². The van der Waals surface area contributed by atoms with Crippen LogP contribution < -0.4 is 9.47 Å². The van der Waals surface area contributed by atoms with Crippen molar-refractivity contribution in [2.75, 3.05) is 6.61 Å². The number of halogens is 2. The first-order valence-electron chi connectivity index (χ1n) is 6.61. The van der Waals surface area contributed by atoms with E-state index in [1.165, 1.54) is 0 Å². The number of aliphatic hydroxyl groups excluding tert-OH is 1. The van der Waals surface area contributed by atoms with Crippen molar-refractivity contribution in [3.63, 3.8) is 0 Å². The van der Waals surface area contributed by atoms with E-state index in [9.17, 15) is 5.11 Å². The van der Waals surface area contributed by atoms with Gasteiger partial charge < -0.3 is 14.6 Å². The van der Waals surface area contributed by atoms with Crippen molar-refractivity contribution in [1.29, 1.82) is 0 Å². The van der Waals surface area contributed by atoms with Crippen molar-refractivity contribution in [2.45, 2.75) is 19.4 Å². The van der Waals surface area contributed by atoms with Crippen LogP contribution >= 0.6 is 23.2 Å². The molecule has 5 heteroatoms. The highest BCUT2D eigenvalue weighted by atomic mass is 35.5. The summed E-state index contributed by atoms with van der Waals surface area (Å²) in [5.74, 6) is 1.90. The fourth-order valence-electron chi connectivity index (χ4n) is 1.64. The molecule has 1 unspecified atom stereocenters. The minimum Gasteiger partial charge on any atom is -0.491 e. The Kier molecular flexibility index (Phi) is 5.74. The van der Waals surface area contributed by atoms with Gasteiger partial charge in [-0.25, -0.2) is 0 Å². The second-order valence-corrected chi connectivity index (χ2v) is 5.42. The van der Waals surface area contributed by atoms with Crippen LogP contribution in [0.15, 0.2) is 42.5 Å². The van der Waals surface area contributed by atoms with Gasteiger partial charge in [-0.15, -0.1) is 0 Å². The van der Waals surface area contributed by atoms with Crippen molar-refractivity contribution in [2.24, 2.45) is 0 Å². The monoisotopic (exact) mass is 326 g/mol. The summed E-state index contributed by atoms with van der Waals surface area (Å²) in [5.41, 5.74) is 0. The number of aliphatic hydroxyl groups is 1. The zero-order chi connectivity index (χ0) is 15.2. The van der Waals surface area contributed by atoms with Gasteiger partial charge >= 0.3 is 0 Å². The molecule has 0 aliphatic carbocycles. The molecule has 0 radical (unpaired) electrons. The molecule has 2 aromatic rings. The van der Waals surface area contributed by atoms with Gasteiger partial charge in [-0.1, -0.05) is 30.1 Å². The Labute approximate surface area is 134 Å². The highest BCUT2D eigenvalue weighted by Crippen LogP contribution is 2.29. The molecular weight excluding hydrogens is 311 g/mol. The summed E-state index contributed by atoms with van der Waals surface area (Å²) in [4.78, 5) is 0. The van der Waals surface area contributed by atoms with E-state index in [0.29, 0.717) is 33.7 Å². The molecular formula is C16H16Cl2O3. The molecule has 1 N–H and O–H groups in total. The quantitative estimate of drug-likeness (QED) is 0.817. The van der Waals surface area contributed by atoms with Gasteiger partial charge in [-0.2, -0.15) is 0 Å². The van der Waals surface area contributed by atoms with Crippen molar-refractivity contribution in [3.05, 3.63) is 52.5 Å².